The Hall–Kier alpha value is -3.90. The summed E-state index contributed by atoms with van der Waals surface area (Å²) < 4.78 is 25.1. The zero-order chi connectivity index (χ0) is 24.7. The summed E-state index contributed by atoms with van der Waals surface area (Å²) in [6, 6.07) is 31.5. The number of carbonyl (C=O) groups excluding carboxylic acids is 1. The average Bonchev–Trinajstić information content (AvgIpc) is 2.89. The molecule has 0 aliphatic carbocycles. The van der Waals surface area contributed by atoms with E-state index in [-0.39, 0.29) is 11.8 Å². The van der Waals surface area contributed by atoms with E-state index in [1.165, 1.54) is 0 Å². The van der Waals surface area contributed by atoms with Gasteiger partial charge in [0.05, 0.1) is 4.90 Å². The van der Waals surface area contributed by atoms with Gasteiger partial charge in [-0.3, -0.25) is 4.79 Å². The molecule has 0 radical (unpaired) electrons. The summed E-state index contributed by atoms with van der Waals surface area (Å²) >= 11 is 0. The van der Waals surface area contributed by atoms with E-state index in [1.54, 1.807) is 30.3 Å². The summed E-state index contributed by atoms with van der Waals surface area (Å²) in [6.45, 7) is 1.96. The number of anilines is 2. The first-order chi connectivity index (χ1) is 16.9. The fourth-order valence-electron chi connectivity index (χ4n) is 3.79. The number of hydrogen-bond acceptors (Lipinski definition) is 4. The molecule has 0 saturated carbocycles. The van der Waals surface area contributed by atoms with Crippen molar-refractivity contribution in [3.63, 3.8) is 0 Å². The van der Waals surface area contributed by atoms with Gasteiger partial charge in [0.15, 0.2) is 9.84 Å². The molecule has 2 N–H and O–H groups in total. The van der Waals surface area contributed by atoms with Crippen LogP contribution in [-0.2, 0) is 22.7 Å². The Bertz CT molecular complexity index is 1420. The number of carbonyl (C=O) groups is 1. The van der Waals surface area contributed by atoms with E-state index < -0.39 is 9.84 Å². The van der Waals surface area contributed by atoms with Gasteiger partial charge < -0.3 is 10.6 Å². The quantitative estimate of drug-likeness (QED) is 0.311. The minimum atomic E-state index is -3.41. The number of hydrogen-bond donors (Lipinski definition) is 2. The van der Waals surface area contributed by atoms with Crippen molar-refractivity contribution in [3.8, 4) is 0 Å². The zero-order valence-electron chi connectivity index (χ0n) is 19.6. The SMILES string of the molecule is Cc1ccccc1NC(=O)c1cccc(CCc2cccc(NCS(=O)(=O)c3ccccc3)c2)c1. The van der Waals surface area contributed by atoms with Crippen molar-refractivity contribution < 1.29 is 13.2 Å². The Kier molecular flexibility index (Phi) is 7.63. The van der Waals surface area contributed by atoms with E-state index in [4.69, 9.17) is 0 Å². The Morgan fingerprint density at radius 3 is 2.14 bits per heavy atom. The molecular formula is C29H28N2O3S. The summed E-state index contributed by atoms with van der Waals surface area (Å²) in [5, 5.41) is 6.01. The van der Waals surface area contributed by atoms with Crippen LogP contribution in [0.25, 0.3) is 0 Å². The fraction of sp³-hybridized carbons (Fsp3) is 0.138. The van der Waals surface area contributed by atoms with E-state index in [1.807, 2.05) is 79.7 Å². The third-order valence-electron chi connectivity index (χ3n) is 5.78. The Labute approximate surface area is 206 Å². The third-order valence-corrected chi connectivity index (χ3v) is 7.30. The van der Waals surface area contributed by atoms with Gasteiger partial charge in [-0.05, 0) is 78.9 Å². The third kappa shape index (κ3) is 6.58. The molecule has 5 nitrogen and oxygen atoms in total. The Morgan fingerprint density at radius 1 is 0.743 bits per heavy atom. The monoisotopic (exact) mass is 484 g/mol. The van der Waals surface area contributed by atoms with Crippen molar-refractivity contribution in [2.75, 3.05) is 16.5 Å². The van der Waals surface area contributed by atoms with Crippen molar-refractivity contribution in [2.24, 2.45) is 0 Å². The molecule has 4 aromatic rings. The number of aryl methyl sites for hydroxylation is 3. The predicted molar refractivity (Wildman–Crippen MR) is 142 cm³/mol. The fourth-order valence-corrected chi connectivity index (χ4v) is 4.89. The molecule has 0 saturated heterocycles. The van der Waals surface area contributed by atoms with Crippen molar-refractivity contribution in [1.82, 2.24) is 0 Å². The number of para-hydroxylation sites is 1. The van der Waals surface area contributed by atoms with Gasteiger partial charge in [-0.1, -0.05) is 60.7 Å². The van der Waals surface area contributed by atoms with E-state index in [0.717, 1.165) is 40.9 Å². The van der Waals surface area contributed by atoms with Gasteiger partial charge in [0.1, 0.15) is 5.88 Å². The van der Waals surface area contributed by atoms with Crippen LogP contribution in [0.3, 0.4) is 0 Å². The van der Waals surface area contributed by atoms with E-state index >= 15 is 0 Å². The summed E-state index contributed by atoms with van der Waals surface area (Å²) in [6.07, 6.45) is 1.53. The lowest BCUT2D eigenvalue weighted by molar-refractivity contribution is 0.102. The molecule has 0 aromatic heterocycles. The number of nitrogens with one attached hydrogen (secondary N) is 2. The maximum absolute atomic E-state index is 12.7. The molecule has 0 heterocycles. The van der Waals surface area contributed by atoms with E-state index in [9.17, 15) is 13.2 Å². The highest BCUT2D eigenvalue weighted by molar-refractivity contribution is 7.91. The lowest BCUT2D eigenvalue weighted by Crippen LogP contribution is -2.14. The first-order valence-corrected chi connectivity index (χ1v) is 13.1. The van der Waals surface area contributed by atoms with Gasteiger partial charge in [-0.15, -0.1) is 0 Å². The van der Waals surface area contributed by atoms with Crippen molar-refractivity contribution in [2.45, 2.75) is 24.7 Å². The van der Waals surface area contributed by atoms with E-state index in [0.29, 0.717) is 10.5 Å². The topological polar surface area (TPSA) is 75.3 Å². The second-order valence-electron chi connectivity index (χ2n) is 8.42. The molecule has 4 rings (SSSR count). The summed E-state index contributed by atoms with van der Waals surface area (Å²) in [4.78, 5) is 13.0. The standard InChI is InChI=1S/C29H28N2O3S/c1-22-9-5-6-16-28(22)31-29(32)25-12-7-10-23(19-25)17-18-24-11-8-13-26(20-24)30-21-35(33,34)27-14-3-2-4-15-27/h2-16,19-20,30H,17-18,21H2,1H3,(H,31,32). The first kappa shape index (κ1) is 24.2. The number of amides is 1. The van der Waals surface area contributed by atoms with Crippen molar-refractivity contribution in [3.05, 3.63) is 125 Å². The minimum absolute atomic E-state index is 0.132. The van der Waals surface area contributed by atoms with Crippen LogP contribution in [0.15, 0.2) is 108 Å². The number of sulfone groups is 1. The summed E-state index contributed by atoms with van der Waals surface area (Å²) in [7, 11) is -3.41. The van der Waals surface area contributed by atoms with Crippen LogP contribution >= 0.6 is 0 Å². The van der Waals surface area contributed by atoms with Crippen LogP contribution in [0, 0.1) is 6.92 Å². The molecule has 0 spiro atoms. The van der Waals surface area contributed by atoms with Gasteiger partial charge in [0.2, 0.25) is 0 Å². The average molecular weight is 485 g/mol. The number of rotatable bonds is 9. The maximum Gasteiger partial charge on any atom is 0.255 e. The predicted octanol–water partition coefficient (Wildman–Crippen LogP) is 5.88. The molecule has 6 heteroatoms. The highest BCUT2D eigenvalue weighted by atomic mass is 32.2. The van der Waals surface area contributed by atoms with Crippen LogP contribution in [0.5, 0.6) is 0 Å². The van der Waals surface area contributed by atoms with Crippen molar-refractivity contribution >= 4 is 27.1 Å². The Balaban J connectivity index is 1.36. The Morgan fingerprint density at radius 2 is 1.40 bits per heavy atom. The minimum Gasteiger partial charge on any atom is -0.371 e. The van der Waals surface area contributed by atoms with Crippen LogP contribution in [0.2, 0.25) is 0 Å². The smallest absolute Gasteiger partial charge is 0.255 e. The second kappa shape index (κ2) is 11.0. The van der Waals surface area contributed by atoms with E-state index in [2.05, 4.69) is 10.6 Å². The molecule has 178 valence electrons. The number of benzene rings is 4. The van der Waals surface area contributed by atoms with Gasteiger partial charge in [0.25, 0.3) is 5.91 Å². The second-order valence-corrected chi connectivity index (χ2v) is 10.4. The molecule has 0 unspecified atom stereocenters. The first-order valence-electron chi connectivity index (χ1n) is 11.5. The van der Waals surface area contributed by atoms with Gasteiger partial charge in [-0.2, -0.15) is 0 Å². The summed E-state index contributed by atoms with van der Waals surface area (Å²) in [5.41, 5.74) is 5.35. The molecule has 0 fully saturated rings. The van der Waals surface area contributed by atoms with Gasteiger partial charge in [0, 0.05) is 16.9 Å². The van der Waals surface area contributed by atoms with Gasteiger partial charge in [-0.25, -0.2) is 8.42 Å². The van der Waals surface area contributed by atoms with Crippen LogP contribution < -0.4 is 10.6 Å². The molecule has 0 aliphatic heterocycles. The molecule has 0 atom stereocenters. The highest BCUT2D eigenvalue weighted by Gasteiger charge is 2.13. The summed E-state index contributed by atoms with van der Waals surface area (Å²) in [5.74, 6) is -0.301. The molecule has 0 bridgehead atoms. The molecule has 4 aromatic carbocycles. The zero-order valence-corrected chi connectivity index (χ0v) is 20.4. The molecular weight excluding hydrogens is 456 g/mol. The van der Waals surface area contributed by atoms with Crippen LogP contribution in [-0.4, -0.2) is 20.2 Å². The normalized spacial score (nSPS) is 11.1. The van der Waals surface area contributed by atoms with Crippen LogP contribution in [0.1, 0.15) is 27.0 Å². The van der Waals surface area contributed by atoms with Crippen molar-refractivity contribution in [1.29, 1.82) is 0 Å². The largest absolute Gasteiger partial charge is 0.371 e. The maximum atomic E-state index is 12.7. The molecule has 35 heavy (non-hydrogen) atoms. The highest BCUT2D eigenvalue weighted by Crippen LogP contribution is 2.18. The lowest BCUT2D eigenvalue weighted by atomic mass is 10.0. The van der Waals surface area contributed by atoms with Gasteiger partial charge >= 0.3 is 0 Å². The lowest BCUT2D eigenvalue weighted by Gasteiger charge is -2.11. The van der Waals surface area contributed by atoms with Crippen LogP contribution in [0.4, 0.5) is 11.4 Å². The molecule has 1 amide bonds. The molecule has 0 aliphatic rings.